The molecule has 1 amide bonds. The summed E-state index contributed by atoms with van der Waals surface area (Å²) in [5.41, 5.74) is 0.113. The maximum Gasteiger partial charge on any atom is 0.223 e. The molecule has 0 aliphatic carbocycles. The molecule has 2 rings (SSSR count). The number of alkyl halides is 1. The van der Waals surface area contributed by atoms with E-state index in [1.165, 1.54) is 12.8 Å². The van der Waals surface area contributed by atoms with Gasteiger partial charge in [-0.05, 0) is 31.1 Å². The Hall–Kier alpha value is -0.0500. The highest BCUT2D eigenvalue weighted by Crippen LogP contribution is 2.39. The summed E-state index contributed by atoms with van der Waals surface area (Å²) in [5, 5.41) is 0. The SMILES string of the molecule is CC(C)(C)CC(=O)N1C2CCC1CC(Br)C2. The van der Waals surface area contributed by atoms with Crippen LogP contribution in [0.15, 0.2) is 0 Å². The predicted molar refractivity (Wildman–Crippen MR) is 69.7 cm³/mol. The lowest BCUT2D eigenvalue weighted by atomic mass is 9.90. The highest BCUT2D eigenvalue weighted by atomic mass is 79.9. The van der Waals surface area contributed by atoms with Gasteiger partial charge in [-0.25, -0.2) is 0 Å². The summed E-state index contributed by atoms with van der Waals surface area (Å²) < 4.78 is 0. The third kappa shape index (κ3) is 2.61. The van der Waals surface area contributed by atoms with Gasteiger partial charge < -0.3 is 4.90 Å². The first kappa shape index (κ1) is 12.4. The number of hydrogen-bond acceptors (Lipinski definition) is 1. The molecule has 2 fully saturated rings. The molecule has 0 aromatic heterocycles. The lowest BCUT2D eigenvalue weighted by molar-refractivity contribution is -0.137. The summed E-state index contributed by atoms with van der Waals surface area (Å²) >= 11 is 3.71. The molecule has 92 valence electrons. The van der Waals surface area contributed by atoms with Gasteiger partial charge in [0, 0.05) is 23.3 Å². The molecule has 2 aliphatic rings. The molecule has 0 spiro atoms. The lowest BCUT2D eigenvalue weighted by Crippen LogP contribution is -2.47. The minimum Gasteiger partial charge on any atom is -0.337 e. The average Bonchev–Trinajstić information content (AvgIpc) is 2.36. The molecule has 2 bridgehead atoms. The lowest BCUT2D eigenvalue weighted by Gasteiger charge is -2.38. The fourth-order valence-corrected chi connectivity index (χ4v) is 3.93. The van der Waals surface area contributed by atoms with Crippen LogP contribution in [0.2, 0.25) is 0 Å². The summed E-state index contributed by atoms with van der Waals surface area (Å²) in [7, 11) is 0. The van der Waals surface area contributed by atoms with Gasteiger partial charge in [0.2, 0.25) is 5.91 Å². The fraction of sp³-hybridized carbons (Fsp3) is 0.923. The number of rotatable bonds is 1. The van der Waals surface area contributed by atoms with Crippen molar-refractivity contribution in [1.82, 2.24) is 4.90 Å². The maximum atomic E-state index is 12.3. The van der Waals surface area contributed by atoms with Gasteiger partial charge in [0.05, 0.1) is 0 Å². The molecule has 0 aromatic carbocycles. The molecule has 0 aromatic rings. The molecule has 2 atom stereocenters. The average molecular weight is 288 g/mol. The number of halogens is 1. The van der Waals surface area contributed by atoms with Crippen molar-refractivity contribution in [3.05, 3.63) is 0 Å². The zero-order chi connectivity index (χ0) is 11.9. The van der Waals surface area contributed by atoms with Gasteiger partial charge in [0.1, 0.15) is 0 Å². The molecule has 0 saturated carbocycles. The summed E-state index contributed by atoms with van der Waals surface area (Å²) in [6.07, 6.45) is 5.40. The Labute approximate surface area is 107 Å². The first-order valence-corrected chi connectivity index (χ1v) is 7.23. The van der Waals surface area contributed by atoms with Crippen LogP contribution in [0.3, 0.4) is 0 Å². The van der Waals surface area contributed by atoms with Crippen LogP contribution >= 0.6 is 15.9 Å². The number of carbonyl (C=O) groups is 1. The smallest absolute Gasteiger partial charge is 0.223 e. The molecule has 2 aliphatic heterocycles. The van der Waals surface area contributed by atoms with E-state index in [1.54, 1.807) is 0 Å². The van der Waals surface area contributed by atoms with Gasteiger partial charge in [0.15, 0.2) is 0 Å². The molecule has 2 heterocycles. The standard InChI is InChI=1S/C13H22BrNO/c1-13(2,3)8-12(16)15-10-4-5-11(15)7-9(14)6-10/h9-11H,4-8H2,1-3H3. The van der Waals surface area contributed by atoms with Crippen LogP contribution in [0.1, 0.15) is 52.9 Å². The predicted octanol–water partition coefficient (Wildman–Crippen LogP) is 3.34. The monoisotopic (exact) mass is 287 g/mol. The van der Waals surface area contributed by atoms with Crippen LogP contribution in [0.25, 0.3) is 0 Å². The minimum absolute atomic E-state index is 0.113. The van der Waals surface area contributed by atoms with E-state index in [9.17, 15) is 4.79 Å². The third-order valence-electron chi connectivity index (χ3n) is 3.65. The third-order valence-corrected chi connectivity index (χ3v) is 4.39. The number of carbonyl (C=O) groups excluding carboxylic acids is 1. The van der Waals surface area contributed by atoms with Gasteiger partial charge in [-0.3, -0.25) is 4.79 Å². The summed E-state index contributed by atoms with van der Waals surface area (Å²) in [4.78, 5) is 15.1. The van der Waals surface area contributed by atoms with Crippen LogP contribution in [-0.2, 0) is 4.79 Å². The van der Waals surface area contributed by atoms with Crippen molar-refractivity contribution < 1.29 is 4.79 Å². The first-order valence-electron chi connectivity index (χ1n) is 6.32. The number of hydrogen-bond donors (Lipinski definition) is 0. The molecule has 0 radical (unpaired) electrons. The maximum absolute atomic E-state index is 12.3. The second-order valence-electron chi connectivity index (χ2n) is 6.49. The Morgan fingerprint density at radius 1 is 1.25 bits per heavy atom. The van der Waals surface area contributed by atoms with Gasteiger partial charge >= 0.3 is 0 Å². The van der Waals surface area contributed by atoms with Crippen LogP contribution in [0, 0.1) is 5.41 Å². The van der Waals surface area contributed by atoms with Crippen molar-refractivity contribution in [2.24, 2.45) is 5.41 Å². The molecule has 2 nitrogen and oxygen atoms in total. The van der Waals surface area contributed by atoms with Crippen LogP contribution in [0.4, 0.5) is 0 Å². The largest absolute Gasteiger partial charge is 0.337 e. The van der Waals surface area contributed by atoms with Crippen LogP contribution in [-0.4, -0.2) is 27.7 Å². The van der Waals surface area contributed by atoms with E-state index in [-0.39, 0.29) is 5.41 Å². The minimum atomic E-state index is 0.113. The first-order chi connectivity index (χ1) is 7.37. The van der Waals surface area contributed by atoms with E-state index in [0.29, 0.717) is 29.2 Å². The molecule has 2 unspecified atom stereocenters. The van der Waals surface area contributed by atoms with E-state index in [4.69, 9.17) is 0 Å². The number of amides is 1. The van der Waals surface area contributed by atoms with Crippen molar-refractivity contribution >= 4 is 21.8 Å². The van der Waals surface area contributed by atoms with Gasteiger partial charge in [-0.15, -0.1) is 0 Å². The van der Waals surface area contributed by atoms with Crippen molar-refractivity contribution in [1.29, 1.82) is 0 Å². The van der Waals surface area contributed by atoms with Gasteiger partial charge in [-0.2, -0.15) is 0 Å². The normalized spacial score (nSPS) is 34.2. The zero-order valence-corrected chi connectivity index (χ0v) is 12.1. The highest BCUT2D eigenvalue weighted by molar-refractivity contribution is 9.09. The quantitative estimate of drug-likeness (QED) is 0.678. The van der Waals surface area contributed by atoms with Crippen molar-refractivity contribution in [2.75, 3.05) is 0 Å². The van der Waals surface area contributed by atoms with Gasteiger partial charge in [-0.1, -0.05) is 36.7 Å². The highest BCUT2D eigenvalue weighted by Gasteiger charge is 2.42. The summed E-state index contributed by atoms with van der Waals surface area (Å²) in [6, 6.07) is 1.02. The number of fused-ring (bicyclic) bond motifs is 2. The molecular weight excluding hydrogens is 266 g/mol. The Kier molecular flexibility index (Phi) is 3.35. The second-order valence-corrected chi connectivity index (χ2v) is 7.79. The van der Waals surface area contributed by atoms with Crippen molar-refractivity contribution in [3.63, 3.8) is 0 Å². The molecule has 0 N–H and O–H groups in total. The Morgan fingerprint density at radius 3 is 2.19 bits per heavy atom. The molecule has 2 saturated heterocycles. The van der Waals surface area contributed by atoms with Crippen LogP contribution in [0.5, 0.6) is 0 Å². The Bertz CT molecular complexity index is 270. The van der Waals surface area contributed by atoms with Crippen molar-refractivity contribution in [3.8, 4) is 0 Å². The van der Waals surface area contributed by atoms with Crippen LogP contribution < -0.4 is 0 Å². The van der Waals surface area contributed by atoms with E-state index in [1.807, 2.05) is 0 Å². The van der Waals surface area contributed by atoms with E-state index in [2.05, 4.69) is 41.6 Å². The Balaban J connectivity index is 2.03. The van der Waals surface area contributed by atoms with E-state index in [0.717, 1.165) is 12.8 Å². The molecule has 16 heavy (non-hydrogen) atoms. The van der Waals surface area contributed by atoms with E-state index >= 15 is 0 Å². The molecular formula is C13H22BrNO. The van der Waals surface area contributed by atoms with Crippen molar-refractivity contribution in [2.45, 2.75) is 69.8 Å². The summed E-state index contributed by atoms with van der Waals surface area (Å²) in [5.74, 6) is 0.374. The fourth-order valence-electron chi connectivity index (χ4n) is 3.06. The topological polar surface area (TPSA) is 20.3 Å². The Morgan fingerprint density at radius 2 is 1.75 bits per heavy atom. The van der Waals surface area contributed by atoms with E-state index < -0.39 is 0 Å². The number of nitrogens with zero attached hydrogens (tertiary/aromatic N) is 1. The summed E-state index contributed by atoms with van der Waals surface area (Å²) in [6.45, 7) is 6.43. The van der Waals surface area contributed by atoms with Gasteiger partial charge in [0.25, 0.3) is 0 Å². The second kappa shape index (κ2) is 4.32. The number of piperidine rings is 1. The molecule has 3 heteroatoms. The zero-order valence-electron chi connectivity index (χ0n) is 10.5.